The van der Waals surface area contributed by atoms with Crippen molar-refractivity contribution in [1.82, 2.24) is 15.2 Å². The Morgan fingerprint density at radius 1 is 1.26 bits per heavy atom. The van der Waals surface area contributed by atoms with Gasteiger partial charge < -0.3 is 14.2 Å². The third-order valence-electron chi connectivity index (χ3n) is 2.59. The van der Waals surface area contributed by atoms with Crippen LogP contribution in [0.4, 0.5) is 6.01 Å². The molecule has 1 N–H and O–H groups in total. The van der Waals surface area contributed by atoms with Gasteiger partial charge >= 0.3 is 6.01 Å². The summed E-state index contributed by atoms with van der Waals surface area (Å²) in [6, 6.07) is 2.28. The molecule has 0 spiro atoms. The van der Waals surface area contributed by atoms with E-state index in [9.17, 15) is 0 Å². The lowest BCUT2D eigenvalue weighted by atomic mass is 10.2. The van der Waals surface area contributed by atoms with E-state index in [-0.39, 0.29) is 0 Å². The highest BCUT2D eigenvalue weighted by molar-refractivity contribution is 7.09. The maximum absolute atomic E-state index is 5.55. The van der Waals surface area contributed by atoms with Crippen molar-refractivity contribution >= 4 is 17.4 Å². The van der Waals surface area contributed by atoms with Crippen molar-refractivity contribution in [2.24, 2.45) is 0 Å². The van der Waals surface area contributed by atoms with Crippen LogP contribution in [-0.4, -0.2) is 15.2 Å². The average Bonchev–Trinajstić information content (AvgIpc) is 3.08. The molecule has 3 aromatic heterocycles. The first-order chi connectivity index (χ1) is 9.22. The van der Waals surface area contributed by atoms with Gasteiger partial charge in [0.25, 0.3) is 5.89 Å². The van der Waals surface area contributed by atoms with Crippen LogP contribution in [0.15, 0.2) is 26.6 Å². The molecular formula is C12H12N4O2S. The van der Waals surface area contributed by atoms with Gasteiger partial charge in [-0.05, 0) is 19.9 Å². The monoisotopic (exact) mass is 276 g/mol. The number of nitrogens with zero attached hydrogens (tertiary/aromatic N) is 3. The Balaban J connectivity index is 1.74. The topological polar surface area (TPSA) is 77.0 Å². The number of nitrogens with one attached hydrogen (secondary N) is 1. The van der Waals surface area contributed by atoms with E-state index in [1.165, 1.54) is 0 Å². The Kier molecular flexibility index (Phi) is 3.04. The van der Waals surface area contributed by atoms with Gasteiger partial charge in [-0.15, -0.1) is 16.4 Å². The summed E-state index contributed by atoms with van der Waals surface area (Å²) in [5.41, 5.74) is 2.62. The van der Waals surface area contributed by atoms with Gasteiger partial charge in [-0.3, -0.25) is 4.98 Å². The molecular weight excluding hydrogens is 264 g/mol. The van der Waals surface area contributed by atoms with Crippen LogP contribution < -0.4 is 5.32 Å². The normalized spacial score (nSPS) is 10.8. The summed E-state index contributed by atoms with van der Waals surface area (Å²) >= 11 is 1.57. The molecule has 0 radical (unpaired) electrons. The quantitative estimate of drug-likeness (QED) is 0.789. The highest BCUT2D eigenvalue weighted by Gasteiger charge is 2.14. The molecule has 0 aliphatic heterocycles. The van der Waals surface area contributed by atoms with E-state index in [4.69, 9.17) is 8.83 Å². The summed E-state index contributed by atoms with van der Waals surface area (Å²) in [6.45, 7) is 4.38. The zero-order valence-electron chi connectivity index (χ0n) is 10.5. The number of aryl methyl sites for hydroxylation is 2. The number of furan rings is 1. The Bertz CT molecular complexity index is 672. The van der Waals surface area contributed by atoms with Crippen molar-refractivity contribution in [3.05, 3.63) is 34.2 Å². The molecule has 0 unspecified atom stereocenters. The number of hydrogen-bond donors (Lipinski definition) is 1. The Morgan fingerprint density at radius 2 is 2.16 bits per heavy atom. The molecule has 7 heteroatoms. The van der Waals surface area contributed by atoms with Crippen molar-refractivity contribution in [2.45, 2.75) is 20.4 Å². The first kappa shape index (κ1) is 11.9. The predicted molar refractivity (Wildman–Crippen MR) is 70.9 cm³/mol. The van der Waals surface area contributed by atoms with Gasteiger partial charge in [-0.25, -0.2) is 0 Å². The fourth-order valence-corrected chi connectivity index (χ4v) is 2.27. The van der Waals surface area contributed by atoms with Gasteiger partial charge in [0, 0.05) is 11.1 Å². The summed E-state index contributed by atoms with van der Waals surface area (Å²) < 4.78 is 11.0. The van der Waals surface area contributed by atoms with Gasteiger partial charge in [0.2, 0.25) is 0 Å². The molecule has 0 fully saturated rings. The van der Waals surface area contributed by atoms with Crippen molar-refractivity contribution in [1.29, 1.82) is 0 Å². The largest absolute Gasteiger partial charge is 0.466 e. The van der Waals surface area contributed by atoms with E-state index >= 15 is 0 Å². The van der Waals surface area contributed by atoms with Gasteiger partial charge in [-0.1, -0.05) is 5.10 Å². The van der Waals surface area contributed by atoms with Gasteiger partial charge in [0.1, 0.15) is 11.5 Å². The molecule has 98 valence electrons. The molecule has 0 aliphatic carbocycles. The van der Waals surface area contributed by atoms with E-state index in [1.807, 2.05) is 19.9 Å². The summed E-state index contributed by atoms with van der Waals surface area (Å²) in [5.74, 6) is 2.06. The Morgan fingerprint density at radius 3 is 2.84 bits per heavy atom. The van der Waals surface area contributed by atoms with Crippen LogP contribution in [0.5, 0.6) is 0 Å². The number of thiazole rings is 1. The highest BCUT2D eigenvalue weighted by Crippen LogP contribution is 2.26. The molecule has 0 bridgehead atoms. The maximum Gasteiger partial charge on any atom is 0.316 e. The zero-order chi connectivity index (χ0) is 13.2. The van der Waals surface area contributed by atoms with Gasteiger partial charge in [-0.2, -0.15) is 0 Å². The number of hydrogen-bond acceptors (Lipinski definition) is 7. The molecule has 0 saturated carbocycles. The minimum absolute atomic E-state index is 0.390. The number of rotatable bonds is 4. The van der Waals surface area contributed by atoms with Crippen LogP contribution in [-0.2, 0) is 6.54 Å². The van der Waals surface area contributed by atoms with Crippen molar-refractivity contribution in [3.8, 4) is 11.5 Å². The summed E-state index contributed by atoms with van der Waals surface area (Å²) in [6.07, 6.45) is 1.80. The first-order valence-electron chi connectivity index (χ1n) is 5.74. The SMILES string of the molecule is Cc1cc(-c2nnc(NCc3cncs3)o2)c(C)o1. The van der Waals surface area contributed by atoms with Crippen LogP contribution in [0.2, 0.25) is 0 Å². The molecule has 0 amide bonds. The van der Waals surface area contributed by atoms with Crippen LogP contribution >= 0.6 is 11.3 Å². The summed E-state index contributed by atoms with van der Waals surface area (Å²) in [5, 5.41) is 11.0. The molecule has 0 aromatic carbocycles. The molecule has 0 saturated heterocycles. The molecule has 0 atom stereocenters. The average molecular weight is 276 g/mol. The minimum Gasteiger partial charge on any atom is -0.466 e. The molecule has 6 nitrogen and oxygen atoms in total. The lowest BCUT2D eigenvalue weighted by Crippen LogP contribution is -1.97. The molecule has 3 aromatic rings. The van der Waals surface area contributed by atoms with Gasteiger partial charge in [0.15, 0.2) is 0 Å². The predicted octanol–water partition coefficient (Wildman–Crippen LogP) is 3.02. The molecule has 19 heavy (non-hydrogen) atoms. The Hall–Kier alpha value is -2.15. The second-order valence-electron chi connectivity index (χ2n) is 4.06. The minimum atomic E-state index is 0.390. The standard InChI is InChI=1S/C12H12N4O2S/c1-7-3-10(8(2)17-7)11-15-16-12(18-11)14-5-9-4-13-6-19-9/h3-4,6H,5H2,1-2H3,(H,14,16). The second kappa shape index (κ2) is 4.85. The van der Waals surface area contributed by atoms with Crippen molar-refractivity contribution < 1.29 is 8.83 Å². The molecule has 3 heterocycles. The highest BCUT2D eigenvalue weighted by atomic mass is 32.1. The van der Waals surface area contributed by atoms with Crippen LogP contribution in [0.25, 0.3) is 11.5 Å². The van der Waals surface area contributed by atoms with Crippen LogP contribution in [0.3, 0.4) is 0 Å². The maximum atomic E-state index is 5.55. The van der Waals surface area contributed by atoms with E-state index < -0.39 is 0 Å². The zero-order valence-corrected chi connectivity index (χ0v) is 11.3. The number of aromatic nitrogens is 3. The summed E-state index contributed by atoms with van der Waals surface area (Å²) in [7, 11) is 0. The van der Waals surface area contributed by atoms with Crippen molar-refractivity contribution in [2.75, 3.05) is 5.32 Å². The molecule has 3 rings (SSSR count). The second-order valence-corrected chi connectivity index (χ2v) is 5.03. The van der Waals surface area contributed by atoms with E-state index in [0.717, 1.165) is 22.0 Å². The first-order valence-corrected chi connectivity index (χ1v) is 6.62. The van der Waals surface area contributed by atoms with Crippen LogP contribution in [0.1, 0.15) is 16.4 Å². The Labute approximate surface area is 113 Å². The third-order valence-corrected chi connectivity index (χ3v) is 3.37. The smallest absolute Gasteiger partial charge is 0.316 e. The van der Waals surface area contributed by atoms with E-state index in [2.05, 4.69) is 20.5 Å². The van der Waals surface area contributed by atoms with Gasteiger partial charge in [0.05, 0.1) is 17.6 Å². The van der Waals surface area contributed by atoms with Crippen molar-refractivity contribution in [3.63, 3.8) is 0 Å². The lowest BCUT2D eigenvalue weighted by molar-refractivity contribution is 0.503. The van der Waals surface area contributed by atoms with E-state index in [1.54, 1.807) is 23.0 Å². The third kappa shape index (κ3) is 2.50. The van der Waals surface area contributed by atoms with E-state index in [0.29, 0.717) is 18.5 Å². The fraction of sp³-hybridized carbons (Fsp3) is 0.250. The lowest BCUT2D eigenvalue weighted by Gasteiger charge is -1.96. The fourth-order valence-electron chi connectivity index (χ4n) is 1.74. The molecule has 0 aliphatic rings. The number of anilines is 1. The van der Waals surface area contributed by atoms with Crippen LogP contribution in [0, 0.1) is 13.8 Å². The summed E-state index contributed by atoms with van der Waals surface area (Å²) in [4.78, 5) is 5.11.